The van der Waals surface area contributed by atoms with E-state index in [1.807, 2.05) is 11.8 Å². The Morgan fingerprint density at radius 2 is 1.81 bits per heavy atom. The normalized spacial score (nSPS) is 10.9. The third-order valence-electron chi connectivity index (χ3n) is 3.71. The van der Waals surface area contributed by atoms with Crippen LogP contribution in [0.15, 0.2) is 18.2 Å². The third-order valence-corrected chi connectivity index (χ3v) is 3.95. The van der Waals surface area contributed by atoms with E-state index in [1.54, 1.807) is 18.2 Å². The Hall–Kier alpha value is -1.26. The summed E-state index contributed by atoms with van der Waals surface area (Å²) in [5.74, 6) is -0.0444. The highest BCUT2D eigenvalue weighted by Gasteiger charge is 2.17. The molecule has 2 N–H and O–H groups in total. The zero-order chi connectivity index (χ0) is 15.8. The van der Waals surface area contributed by atoms with Crippen molar-refractivity contribution in [2.75, 3.05) is 38.5 Å². The molecule has 118 valence electrons. The Labute approximate surface area is 132 Å². The fourth-order valence-electron chi connectivity index (χ4n) is 2.31. The van der Waals surface area contributed by atoms with E-state index in [9.17, 15) is 4.79 Å². The largest absolute Gasteiger partial charge is 0.398 e. The lowest BCUT2D eigenvalue weighted by molar-refractivity contribution is 0.0758. The van der Waals surface area contributed by atoms with Crippen molar-refractivity contribution in [3.05, 3.63) is 28.8 Å². The molecule has 0 aliphatic carbocycles. The number of anilines is 1. The Kier molecular flexibility index (Phi) is 7.54. The fourth-order valence-corrected chi connectivity index (χ4v) is 2.48. The smallest absolute Gasteiger partial charge is 0.255 e. The molecule has 0 spiro atoms. The Bertz CT molecular complexity index is 461. The predicted octanol–water partition coefficient (Wildman–Crippen LogP) is 3.12. The maximum atomic E-state index is 12.5. The van der Waals surface area contributed by atoms with Crippen LogP contribution in [0.4, 0.5) is 5.69 Å². The number of halogens is 1. The molecule has 0 fully saturated rings. The summed E-state index contributed by atoms with van der Waals surface area (Å²) in [5, 5.41) is 0.534. The van der Waals surface area contributed by atoms with Gasteiger partial charge in [-0.3, -0.25) is 4.79 Å². The standard InChI is InChI=1S/C16H26ClN3O/c1-4-19(5-2)10-7-11-20(6-3)16(21)14-12-13(17)8-9-15(14)18/h8-9,12H,4-7,10-11,18H2,1-3H3. The van der Waals surface area contributed by atoms with Crippen molar-refractivity contribution in [3.8, 4) is 0 Å². The maximum Gasteiger partial charge on any atom is 0.255 e. The number of hydrogen-bond acceptors (Lipinski definition) is 3. The number of carbonyl (C=O) groups excluding carboxylic acids is 1. The second-order valence-corrected chi connectivity index (χ2v) is 5.43. The third kappa shape index (κ3) is 5.21. The summed E-state index contributed by atoms with van der Waals surface area (Å²) in [4.78, 5) is 16.7. The molecule has 1 aromatic rings. The summed E-state index contributed by atoms with van der Waals surface area (Å²) in [6, 6.07) is 5.02. The van der Waals surface area contributed by atoms with Crippen molar-refractivity contribution in [2.45, 2.75) is 27.2 Å². The van der Waals surface area contributed by atoms with Crippen LogP contribution in [0.5, 0.6) is 0 Å². The van der Waals surface area contributed by atoms with Crippen LogP contribution in [0, 0.1) is 0 Å². The average Bonchev–Trinajstić information content (AvgIpc) is 2.49. The lowest BCUT2D eigenvalue weighted by atomic mass is 10.1. The number of amides is 1. The molecule has 5 heteroatoms. The number of rotatable bonds is 8. The molecule has 21 heavy (non-hydrogen) atoms. The van der Waals surface area contributed by atoms with Gasteiger partial charge in [-0.25, -0.2) is 0 Å². The van der Waals surface area contributed by atoms with Gasteiger partial charge in [0.15, 0.2) is 0 Å². The lowest BCUT2D eigenvalue weighted by Gasteiger charge is -2.24. The van der Waals surface area contributed by atoms with Crippen LogP contribution >= 0.6 is 11.6 Å². The van der Waals surface area contributed by atoms with E-state index in [0.717, 1.165) is 32.6 Å². The van der Waals surface area contributed by atoms with Gasteiger partial charge in [-0.2, -0.15) is 0 Å². The van der Waals surface area contributed by atoms with Gasteiger partial charge in [0.25, 0.3) is 5.91 Å². The number of nitrogens with two attached hydrogens (primary N) is 1. The van der Waals surface area contributed by atoms with Crippen molar-refractivity contribution >= 4 is 23.2 Å². The summed E-state index contributed by atoms with van der Waals surface area (Å²) in [6.45, 7) is 10.8. The van der Waals surface area contributed by atoms with Gasteiger partial charge in [-0.05, 0) is 51.2 Å². The van der Waals surface area contributed by atoms with Crippen molar-refractivity contribution < 1.29 is 4.79 Å². The average molecular weight is 312 g/mol. The Balaban J connectivity index is 2.67. The minimum atomic E-state index is -0.0444. The highest BCUT2D eigenvalue weighted by molar-refractivity contribution is 6.31. The molecule has 0 heterocycles. The SMILES string of the molecule is CCN(CC)CCCN(CC)C(=O)c1cc(Cl)ccc1N. The monoisotopic (exact) mass is 311 g/mol. The van der Waals surface area contributed by atoms with Crippen LogP contribution in [-0.2, 0) is 0 Å². The second-order valence-electron chi connectivity index (χ2n) is 5.00. The van der Waals surface area contributed by atoms with E-state index in [-0.39, 0.29) is 5.91 Å². The number of nitrogens with zero attached hydrogens (tertiary/aromatic N) is 2. The molecule has 0 atom stereocenters. The molecular weight excluding hydrogens is 286 g/mol. The molecule has 0 saturated carbocycles. The predicted molar refractivity (Wildman–Crippen MR) is 89.8 cm³/mol. The first-order valence-corrected chi connectivity index (χ1v) is 7.97. The van der Waals surface area contributed by atoms with Crippen molar-refractivity contribution in [1.82, 2.24) is 9.80 Å². The van der Waals surface area contributed by atoms with E-state index in [4.69, 9.17) is 17.3 Å². The van der Waals surface area contributed by atoms with E-state index in [1.165, 1.54) is 0 Å². The van der Waals surface area contributed by atoms with Crippen molar-refractivity contribution in [3.63, 3.8) is 0 Å². The number of nitrogen functional groups attached to an aromatic ring is 1. The van der Waals surface area contributed by atoms with E-state index < -0.39 is 0 Å². The van der Waals surface area contributed by atoms with Crippen molar-refractivity contribution in [2.24, 2.45) is 0 Å². The van der Waals surface area contributed by atoms with Crippen LogP contribution in [0.2, 0.25) is 5.02 Å². The van der Waals surface area contributed by atoms with Gasteiger partial charge in [0.2, 0.25) is 0 Å². The minimum Gasteiger partial charge on any atom is -0.398 e. The second kappa shape index (κ2) is 8.90. The fraction of sp³-hybridized carbons (Fsp3) is 0.562. The highest BCUT2D eigenvalue weighted by atomic mass is 35.5. The molecule has 1 rings (SSSR count). The van der Waals surface area contributed by atoms with Crippen molar-refractivity contribution in [1.29, 1.82) is 0 Å². The van der Waals surface area contributed by atoms with Gasteiger partial charge in [-0.15, -0.1) is 0 Å². The number of hydrogen-bond donors (Lipinski definition) is 1. The molecule has 0 aliphatic rings. The summed E-state index contributed by atoms with van der Waals surface area (Å²) in [5.41, 5.74) is 6.86. The molecule has 4 nitrogen and oxygen atoms in total. The molecule has 0 bridgehead atoms. The Morgan fingerprint density at radius 3 is 2.38 bits per heavy atom. The number of benzene rings is 1. The molecule has 0 unspecified atom stereocenters. The first kappa shape index (κ1) is 17.8. The number of carbonyl (C=O) groups is 1. The highest BCUT2D eigenvalue weighted by Crippen LogP contribution is 2.19. The maximum absolute atomic E-state index is 12.5. The van der Waals surface area contributed by atoms with Gasteiger partial charge in [0, 0.05) is 23.8 Å². The van der Waals surface area contributed by atoms with Crippen LogP contribution < -0.4 is 5.73 Å². The zero-order valence-corrected chi connectivity index (χ0v) is 14.0. The lowest BCUT2D eigenvalue weighted by Crippen LogP contribution is -2.34. The van der Waals surface area contributed by atoms with Gasteiger partial charge in [0.05, 0.1) is 5.56 Å². The minimum absolute atomic E-state index is 0.0444. The van der Waals surface area contributed by atoms with E-state index >= 15 is 0 Å². The van der Waals surface area contributed by atoms with Crippen LogP contribution in [-0.4, -0.2) is 48.4 Å². The van der Waals surface area contributed by atoms with Crippen LogP contribution in [0.1, 0.15) is 37.6 Å². The van der Waals surface area contributed by atoms with Gasteiger partial charge in [-0.1, -0.05) is 25.4 Å². The molecule has 0 saturated heterocycles. The molecule has 1 amide bonds. The molecule has 0 aromatic heterocycles. The van der Waals surface area contributed by atoms with E-state index in [2.05, 4.69) is 18.7 Å². The Morgan fingerprint density at radius 1 is 1.14 bits per heavy atom. The molecular formula is C16H26ClN3O. The van der Waals surface area contributed by atoms with Gasteiger partial charge < -0.3 is 15.5 Å². The molecule has 0 radical (unpaired) electrons. The molecule has 1 aromatic carbocycles. The quantitative estimate of drug-likeness (QED) is 0.750. The summed E-state index contributed by atoms with van der Waals surface area (Å²) in [6.07, 6.45) is 0.960. The molecule has 0 aliphatic heterocycles. The van der Waals surface area contributed by atoms with Crippen LogP contribution in [0.3, 0.4) is 0 Å². The summed E-state index contributed by atoms with van der Waals surface area (Å²) in [7, 11) is 0. The van der Waals surface area contributed by atoms with Gasteiger partial charge >= 0.3 is 0 Å². The summed E-state index contributed by atoms with van der Waals surface area (Å²) < 4.78 is 0. The zero-order valence-electron chi connectivity index (χ0n) is 13.2. The van der Waals surface area contributed by atoms with E-state index in [0.29, 0.717) is 22.8 Å². The summed E-state index contributed by atoms with van der Waals surface area (Å²) >= 11 is 5.96. The van der Waals surface area contributed by atoms with Gasteiger partial charge in [0.1, 0.15) is 0 Å². The topological polar surface area (TPSA) is 49.6 Å². The van der Waals surface area contributed by atoms with Crippen LogP contribution in [0.25, 0.3) is 0 Å². The first-order chi connectivity index (χ1) is 10.0. The first-order valence-electron chi connectivity index (χ1n) is 7.60.